The normalized spacial score (nSPS) is 21.3. The summed E-state index contributed by atoms with van der Waals surface area (Å²) in [6.07, 6.45) is 3.70. The third-order valence-electron chi connectivity index (χ3n) is 4.66. The SMILES string of the molecule is COc1ccc(C(=O)N2CCC[C@@H](C)[C@H]2C)cc1-n1cnnn1. The van der Waals surface area contributed by atoms with E-state index in [0.717, 1.165) is 13.0 Å². The summed E-state index contributed by atoms with van der Waals surface area (Å²) >= 11 is 0. The molecule has 0 unspecified atom stereocenters. The number of nitrogens with zero attached hydrogens (tertiary/aromatic N) is 5. The molecule has 1 aromatic carbocycles. The average Bonchev–Trinajstić information content (AvgIpc) is 3.10. The molecule has 1 amide bonds. The molecule has 0 bridgehead atoms. The Bertz CT molecular complexity index is 686. The van der Waals surface area contributed by atoms with Crippen molar-refractivity contribution in [2.24, 2.45) is 5.92 Å². The zero-order valence-electron chi connectivity index (χ0n) is 13.6. The van der Waals surface area contributed by atoms with Gasteiger partial charge in [-0.3, -0.25) is 4.79 Å². The van der Waals surface area contributed by atoms with E-state index in [0.29, 0.717) is 22.9 Å². The third kappa shape index (κ3) is 2.91. The number of benzene rings is 1. The van der Waals surface area contributed by atoms with Crippen molar-refractivity contribution >= 4 is 5.91 Å². The number of piperidine rings is 1. The predicted octanol–water partition coefficient (Wildman–Crippen LogP) is 1.93. The highest BCUT2D eigenvalue weighted by atomic mass is 16.5. The highest BCUT2D eigenvalue weighted by molar-refractivity contribution is 5.95. The van der Waals surface area contributed by atoms with Gasteiger partial charge in [-0.2, -0.15) is 4.68 Å². The monoisotopic (exact) mass is 315 g/mol. The van der Waals surface area contributed by atoms with Crippen LogP contribution in [-0.4, -0.2) is 50.7 Å². The molecule has 23 heavy (non-hydrogen) atoms. The van der Waals surface area contributed by atoms with Gasteiger partial charge in [0.15, 0.2) is 0 Å². The zero-order valence-corrected chi connectivity index (χ0v) is 13.6. The minimum atomic E-state index is 0.0426. The Morgan fingerprint density at radius 1 is 1.35 bits per heavy atom. The van der Waals surface area contributed by atoms with E-state index in [2.05, 4.69) is 29.4 Å². The minimum absolute atomic E-state index is 0.0426. The van der Waals surface area contributed by atoms with Crippen molar-refractivity contribution in [1.29, 1.82) is 0 Å². The number of likely N-dealkylation sites (tertiary alicyclic amines) is 1. The first kappa shape index (κ1) is 15.5. The smallest absolute Gasteiger partial charge is 0.254 e. The van der Waals surface area contributed by atoms with E-state index in [-0.39, 0.29) is 11.9 Å². The predicted molar refractivity (Wildman–Crippen MR) is 84.6 cm³/mol. The van der Waals surface area contributed by atoms with Crippen LogP contribution >= 0.6 is 0 Å². The van der Waals surface area contributed by atoms with Crippen molar-refractivity contribution in [2.45, 2.75) is 32.7 Å². The number of carbonyl (C=O) groups excluding carboxylic acids is 1. The van der Waals surface area contributed by atoms with Crippen LogP contribution in [0.25, 0.3) is 5.69 Å². The Morgan fingerprint density at radius 3 is 2.87 bits per heavy atom. The van der Waals surface area contributed by atoms with E-state index >= 15 is 0 Å². The standard InChI is InChI=1S/C16H21N5O2/c1-11-5-4-8-20(12(11)2)16(22)13-6-7-15(23-3)14(9-13)21-10-17-18-19-21/h6-7,9-12H,4-5,8H2,1-3H3/t11-,12-/m1/s1. The van der Waals surface area contributed by atoms with E-state index in [1.807, 2.05) is 4.90 Å². The van der Waals surface area contributed by atoms with Gasteiger partial charge < -0.3 is 9.64 Å². The first-order valence-corrected chi connectivity index (χ1v) is 7.84. The average molecular weight is 315 g/mol. The topological polar surface area (TPSA) is 73.1 Å². The van der Waals surface area contributed by atoms with Gasteiger partial charge in [-0.15, -0.1) is 5.10 Å². The van der Waals surface area contributed by atoms with Gasteiger partial charge in [0.05, 0.1) is 7.11 Å². The molecule has 0 spiro atoms. The highest BCUT2D eigenvalue weighted by Gasteiger charge is 2.29. The summed E-state index contributed by atoms with van der Waals surface area (Å²) in [4.78, 5) is 14.9. The highest BCUT2D eigenvalue weighted by Crippen LogP contribution is 2.27. The van der Waals surface area contributed by atoms with Crippen LogP contribution in [0.1, 0.15) is 37.0 Å². The van der Waals surface area contributed by atoms with Crippen molar-refractivity contribution in [2.75, 3.05) is 13.7 Å². The maximum atomic E-state index is 12.9. The van der Waals surface area contributed by atoms with Gasteiger partial charge in [-0.1, -0.05) is 6.92 Å². The second kappa shape index (κ2) is 6.36. The quantitative estimate of drug-likeness (QED) is 0.865. The number of methoxy groups -OCH3 is 1. The first-order valence-electron chi connectivity index (χ1n) is 7.84. The summed E-state index contributed by atoms with van der Waals surface area (Å²) in [5, 5.41) is 11.2. The van der Waals surface area contributed by atoms with E-state index in [4.69, 9.17) is 4.74 Å². The van der Waals surface area contributed by atoms with Crippen molar-refractivity contribution < 1.29 is 9.53 Å². The van der Waals surface area contributed by atoms with Crippen LogP contribution in [0.3, 0.4) is 0 Å². The number of ether oxygens (including phenoxy) is 1. The molecule has 1 aliphatic rings. The molecule has 3 rings (SSSR count). The van der Waals surface area contributed by atoms with E-state index in [1.54, 1.807) is 25.3 Å². The minimum Gasteiger partial charge on any atom is -0.494 e. The summed E-state index contributed by atoms with van der Waals surface area (Å²) in [6, 6.07) is 5.60. The molecule has 1 fully saturated rings. The number of rotatable bonds is 3. The van der Waals surface area contributed by atoms with Crippen LogP contribution in [0.5, 0.6) is 5.75 Å². The molecule has 1 aromatic heterocycles. The van der Waals surface area contributed by atoms with E-state index in [9.17, 15) is 4.79 Å². The van der Waals surface area contributed by atoms with Crippen molar-refractivity contribution in [1.82, 2.24) is 25.1 Å². The van der Waals surface area contributed by atoms with Crippen LogP contribution < -0.4 is 4.74 Å². The number of hydrogen-bond donors (Lipinski definition) is 0. The van der Waals surface area contributed by atoms with Crippen LogP contribution in [0, 0.1) is 5.92 Å². The van der Waals surface area contributed by atoms with Crippen LogP contribution in [-0.2, 0) is 0 Å². The second-order valence-corrected chi connectivity index (χ2v) is 6.00. The molecule has 1 saturated heterocycles. The largest absolute Gasteiger partial charge is 0.494 e. The number of aromatic nitrogens is 4. The van der Waals surface area contributed by atoms with E-state index in [1.165, 1.54) is 17.4 Å². The summed E-state index contributed by atoms with van der Waals surface area (Å²) in [7, 11) is 1.58. The third-order valence-corrected chi connectivity index (χ3v) is 4.66. The van der Waals surface area contributed by atoms with Crippen molar-refractivity contribution in [3.63, 3.8) is 0 Å². The zero-order chi connectivity index (χ0) is 16.4. The molecule has 0 radical (unpaired) electrons. The summed E-state index contributed by atoms with van der Waals surface area (Å²) in [6.45, 7) is 5.12. The van der Waals surface area contributed by atoms with Crippen LogP contribution in [0.15, 0.2) is 24.5 Å². The Hall–Kier alpha value is -2.44. The lowest BCUT2D eigenvalue weighted by Gasteiger charge is -2.38. The van der Waals surface area contributed by atoms with Gasteiger partial charge in [-0.05, 0) is 54.3 Å². The van der Waals surface area contributed by atoms with Gasteiger partial charge in [0.2, 0.25) is 0 Å². The summed E-state index contributed by atoms with van der Waals surface area (Å²) < 4.78 is 6.84. The van der Waals surface area contributed by atoms with Crippen LogP contribution in [0.2, 0.25) is 0 Å². The molecular weight excluding hydrogens is 294 g/mol. The Kier molecular flexibility index (Phi) is 4.27. The fraction of sp³-hybridized carbons (Fsp3) is 0.500. The fourth-order valence-electron chi connectivity index (χ4n) is 3.06. The Balaban J connectivity index is 1.94. The number of amides is 1. The van der Waals surface area contributed by atoms with Gasteiger partial charge in [0, 0.05) is 18.2 Å². The van der Waals surface area contributed by atoms with Crippen LogP contribution in [0.4, 0.5) is 0 Å². The van der Waals surface area contributed by atoms with Gasteiger partial charge in [-0.25, -0.2) is 0 Å². The molecule has 0 saturated carbocycles. The van der Waals surface area contributed by atoms with Gasteiger partial charge >= 0.3 is 0 Å². The second-order valence-electron chi connectivity index (χ2n) is 6.00. The lowest BCUT2D eigenvalue weighted by Crippen LogP contribution is -2.46. The summed E-state index contributed by atoms with van der Waals surface area (Å²) in [5.41, 5.74) is 1.28. The summed E-state index contributed by atoms with van der Waals surface area (Å²) in [5.74, 6) is 1.18. The molecule has 122 valence electrons. The molecule has 1 aliphatic heterocycles. The molecule has 0 aliphatic carbocycles. The molecule has 0 N–H and O–H groups in total. The molecule has 2 atom stereocenters. The maximum absolute atomic E-state index is 12.9. The molecule has 2 aromatic rings. The first-order chi connectivity index (χ1) is 11.1. The Labute approximate surface area is 135 Å². The van der Waals surface area contributed by atoms with Gasteiger partial charge in [0.1, 0.15) is 17.8 Å². The van der Waals surface area contributed by atoms with Gasteiger partial charge in [0.25, 0.3) is 5.91 Å². The molecule has 2 heterocycles. The van der Waals surface area contributed by atoms with E-state index < -0.39 is 0 Å². The lowest BCUT2D eigenvalue weighted by atomic mass is 9.91. The molecule has 7 nitrogen and oxygen atoms in total. The number of carbonyl (C=O) groups is 1. The number of hydrogen-bond acceptors (Lipinski definition) is 5. The molecule has 7 heteroatoms. The van der Waals surface area contributed by atoms with Crippen molar-refractivity contribution in [3.8, 4) is 11.4 Å². The Morgan fingerprint density at radius 2 is 2.17 bits per heavy atom. The lowest BCUT2D eigenvalue weighted by molar-refractivity contribution is 0.0551. The number of tetrazole rings is 1. The van der Waals surface area contributed by atoms with Crippen molar-refractivity contribution in [3.05, 3.63) is 30.1 Å². The maximum Gasteiger partial charge on any atom is 0.254 e. The molecular formula is C16H21N5O2. The fourth-order valence-corrected chi connectivity index (χ4v) is 3.06.